The molecule has 0 fully saturated rings. The Labute approximate surface area is 98.3 Å². The molecule has 2 aromatic rings. The number of nitrogens with zero attached hydrogens (tertiary/aromatic N) is 1. The van der Waals surface area contributed by atoms with Crippen LogP contribution in [-0.2, 0) is 13.1 Å². The van der Waals surface area contributed by atoms with E-state index in [1.54, 1.807) is 12.4 Å². The number of rotatable bonds is 4. The minimum Gasteiger partial charge on any atom is -0.309 e. The maximum Gasteiger partial charge on any atom is 0.126 e. The Kier molecular flexibility index (Phi) is 3.77. The van der Waals surface area contributed by atoms with Gasteiger partial charge >= 0.3 is 0 Å². The highest BCUT2D eigenvalue weighted by molar-refractivity contribution is 5.18. The molecule has 0 saturated heterocycles. The van der Waals surface area contributed by atoms with Crippen LogP contribution in [0.25, 0.3) is 0 Å². The molecule has 0 amide bonds. The molecular weight excluding hydrogens is 222 g/mol. The average Bonchev–Trinajstić information content (AvgIpc) is 2.29. The molecule has 0 aliphatic carbocycles. The second-order valence-electron chi connectivity index (χ2n) is 3.74. The highest BCUT2D eigenvalue weighted by atomic mass is 19.1. The van der Waals surface area contributed by atoms with Gasteiger partial charge in [-0.05, 0) is 29.3 Å². The summed E-state index contributed by atoms with van der Waals surface area (Å²) in [6.45, 7) is 1.04. The molecule has 1 heterocycles. The predicted molar refractivity (Wildman–Crippen MR) is 61.1 cm³/mol. The van der Waals surface area contributed by atoms with Crippen molar-refractivity contribution in [1.29, 1.82) is 0 Å². The van der Waals surface area contributed by atoms with E-state index in [0.29, 0.717) is 18.7 Å². The van der Waals surface area contributed by atoms with Gasteiger partial charge in [0.25, 0.3) is 0 Å². The molecule has 2 nitrogen and oxygen atoms in total. The number of benzene rings is 1. The molecule has 2 rings (SSSR count). The first kappa shape index (κ1) is 11.7. The van der Waals surface area contributed by atoms with Gasteiger partial charge in [-0.25, -0.2) is 8.78 Å². The monoisotopic (exact) mass is 234 g/mol. The number of hydrogen-bond acceptors (Lipinski definition) is 2. The molecule has 0 unspecified atom stereocenters. The van der Waals surface area contributed by atoms with Gasteiger partial charge in [0.1, 0.15) is 11.6 Å². The molecule has 1 N–H and O–H groups in total. The number of aromatic nitrogens is 1. The molecule has 0 bridgehead atoms. The fourth-order valence-electron chi connectivity index (χ4n) is 1.57. The van der Waals surface area contributed by atoms with Crippen LogP contribution in [0, 0.1) is 11.6 Å². The summed E-state index contributed by atoms with van der Waals surface area (Å²) < 4.78 is 25.8. The van der Waals surface area contributed by atoms with Crippen LogP contribution >= 0.6 is 0 Å². The topological polar surface area (TPSA) is 24.9 Å². The van der Waals surface area contributed by atoms with Crippen molar-refractivity contribution in [3.63, 3.8) is 0 Å². The Bertz CT molecular complexity index is 466. The van der Waals surface area contributed by atoms with E-state index >= 15 is 0 Å². The van der Waals surface area contributed by atoms with Crippen molar-refractivity contribution in [3.8, 4) is 0 Å². The zero-order chi connectivity index (χ0) is 12.1. The van der Waals surface area contributed by atoms with E-state index in [9.17, 15) is 8.78 Å². The number of hydrogen-bond donors (Lipinski definition) is 1. The maximum atomic E-state index is 12.9. The van der Waals surface area contributed by atoms with Crippen molar-refractivity contribution in [3.05, 3.63) is 65.5 Å². The third-order valence-corrected chi connectivity index (χ3v) is 2.30. The van der Waals surface area contributed by atoms with Crippen LogP contribution in [0.4, 0.5) is 8.78 Å². The lowest BCUT2D eigenvalue weighted by Crippen LogP contribution is -2.13. The summed E-state index contributed by atoms with van der Waals surface area (Å²) >= 11 is 0. The van der Waals surface area contributed by atoms with Crippen LogP contribution < -0.4 is 5.32 Å². The lowest BCUT2D eigenvalue weighted by atomic mass is 10.2. The zero-order valence-corrected chi connectivity index (χ0v) is 9.16. The first-order valence-corrected chi connectivity index (χ1v) is 5.28. The third kappa shape index (κ3) is 3.60. The second-order valence-corrected chi connectivity index (χ2v) is 3.74. The second kappa shape index (κ2) is 5.50. The van der Waals surface area contributed by atoms with Gasteiger partial charge in [-0.1, -0.05) is 6.07 Å². The first-order chi connectivity index (χ1) is 8.24. The third-order valence-electron chi connectivity index (χ3n) is 2.30. The van der Waals surface area contributed by atoms with Crippen molar-refractivity contribution in [2.24, 2.45) is 0 Å². The molecule has 17 heavy (non-hydrogen) atoms. The van der Waals surface area contributed by atoms with Crippen LogP contribution in [0.3, 0.4) is 0 Å². The molecule has 0 saturated carbocycles. The summed E-state index contributed by atoms with van der Waals surface area (Å²) in [7, 11) is 0. The van der Waals surface area contributed by atoms with Crippen molar-refractivity contribution in [1.82, 2.24) is 10.3 Å². The largest absolute Gasteiger partial charge is 0.309 e. The summed E-state index contributed by atoms with van der Waals surface area (Å²) in [5.74, 6) is -1.11. The summed E-state index contributed by atoms with van der Waals surface area (Å²) in [4.78, 5) is 3.98. The van der Waals surface area contributed by atoms with E-state index < -0.39 is 11.6 Å². The van der Waals surface area contributed by atoms with Gasteiger partial charge in [0.15, 0.2) is 0 Å². The SMILES string of the molecule is Fc1cc(F)cc(CNCc2cccnc2)c1. The molecule has 0 spiro atoms. The Balaban J connectivity index is 1.90. The molecule has 88 valence electrons. The van der Waals surface area contributed by atoms with Crippen molar-refractivity contribution in [2.75, 3.05) is 0 Å². The minimum atomic E-state index is -0.553. The molecule has 0 aliphatic heterocycles. The maximum absolute atomic E-state index is 12.9. The van der Waals surface area contributed by atoms with Gasteiger partial charge in [0.05, 0.1) is 0 Å². The molecular formula is C13H12F2N2. The van der Waals surface area contributed by atoms with E-state index in [0.717, 1.165) is 11.6 Å². The van der Waals surface area contributed by atoms with Crippen molar-refractivity contribution >= 4 is 0 Å². The molecule has 4 heteroatoms. The standard InChI is InChI=1S/C13H12F2N2/c14-12-4-11(5-13(15)6-12)9-17-8-10-2-1-3-16-7-10/h1-7,17H,8-9H2. The van der Waals surface area contributed by atoms with Crippen LogP contribution in [0.5, 0.6) is 0 Å². The Morgan fingerprint density at radius 1 is 1.00 bits per heavy atom. The summed E-state index contributed by atoms with van der Waals surface area (Å²) in [5, 5.41) is 3.10. The van der Waals surface area contributed by atoms with Crippen LogP contribution in [0.1, 0.15) is 11.1 Å². The quantitative estimate of drug-likeness (QED) is 0.879. The Hall–Kier alpha value is -1.81. The fourth-order valence-corrected chi connectivity index (χ4v) is 1.57. The van der Waals surface area contributed by atoms with Gasteiger partial charge in [-0.2, -0.15) is 0 Å². The van der Waals surface area contributed by atoms with Crippen molar-refractivity contribution < 1.29 is 8.78 Å². The normalized spacial score (nSPS) is 10.5. The van der Waals surface area contributed by atoms with Crippen LogP contribution in [-0.4, -0.2) is 4.98 Å². The number of halogens is 2. The van der Waals surface area contributed by atoms with Gasteiger partial charge in [0.2, 0.25) is 0 Å². The summed E-state index contributed by atoms with van der Waals surface area (Å²) in [5.41, 5.74) is 1.62. The summed E-state index contributed by atoms with van der Waals surface area (Å²) in [6.07, 6.45) is 3.45. The highest BCUT2D eigenvalue weighted by Crippen LogP contribution is 2.07. The number of pyridine rings is 1. The van der Waals surface area contributed by atoms with Crippen LogP contribution in [0.15, 0.2) is 42.7 Å². The average molecular weight is 234 g/mol. The molecule has 1 aromatic carbocycles. The minimum absolute atomic E-state index is 0.420. The molecule has 0 radical (unpaired) electrons. The fraction of sp³-hybridized carbons (Fsp3) is 0.154. The van der Waals surface area contributed by atoms with Gasteiger partial charge in [-0.15, -0.1) is 0 Å². The van der Waals surface area contributed by atoms with E-state index in [1.807, 2.05) is 12.1 Å². The van der Waals surface area contributed by atoms with Crippen molar-refractivity contribution in [2.45, 2.75) is 13.1 Å². The lowest BCUT2D eigenvalue weighted by molar-refractivity contribution is 0.575. The highest BCUT2D eigenvalue weighted by Gasteiger charge is 2.00. The first-order valence-electron chi connectivity index (χ1n) is 5.28. The van der Waals surface area contributed by atoms with Crippen LogP contribution in [0.2, 0.25) is 0 Å². The summed E-state index contributed by atoms with van der Waals surface area (Å²) in [6, 6.07) is 7.29. The van der Waals surface area contributed by atoms with E-state index in [1.165, 1.54) is 12.1 Å². The molecule has 0 atom stereocenters. The van der Waals surface area contributed by atoms with Gasteiger partial charge < -0.3 is 5.32 Å². The molecule has 0 aliphatic rings. The molecule has 1 aromatic heterocycles. The number of nitrogens with one attached hydrogen (secondary N) is 1. The van der Waals surface area contributed by atoms with E-state index in [2.05, 4.69) is 10.3 Å². The smallest absolute Gasteiger partial charge is 0.126 e. The van der Waals surface area contributed by atoms with Gasteiger partial charge in [-0.3, -0.25) is 4.98 Å². The lowest BCUT2D eigenvalue weighted by Gasteiger charge is -2.05. The zero-order valence-electron chi connectivity index (χ0n) is 9.16. The van der Waals surface area contributed by atoms with Gasteiger partial charge in [0, 0.05) is 31.5 Å². The Morgan fingerprint density at radius 2 is 1.71 bits per heavy atom. The Morgan fingerprint density at radius 3 is 2.35 bits per heavy atom. The predicted octanol–water partition coefficient (Wildman–Crippen LogP) is 2.65. The van der Waals surface area contributed by atoms with E-state index in [4.69, 9.17) is 0 Å². The van der Waals surface area contributed by atoms with E-state index in [-0.39, 0.29) is 0 Å².